The number of carbonyl (C=O) groups excluding carboxylic acids is 1. The van der Waals surface area contributed by atoms with Crippen molar-refractivity contribution in [1.82, 2.24) is 4.90 Å². The normalized spacial score (nSPS) is 16.7. The highest BCUT2D eigenvalue weighted by Crippen LogP contribution is 2.29. The van der Waals surface area contributed by atoms with Crippen molar-refractivity contribution in [2.24, 2.45) is 11.3 Å². The van der Waals surface area contributed by atoms with Crippen molar-refractivity contribution < 1.29 is 4.79 Å². The maximum atomic E-state index is 11.8. The van der Waals surface area contributed by atoms with Crippen LogP contribution in [-0.2, 0) is 4.79 Å². The van der Waals surface area contributed by atoms with Crippen LogP contribution >= 0.6 is 0 Å². The Bertz CT molecular complexity index is 274. The van der Waals surface area contributed by atoms with E-state index in [1.54, 1.807) is 25.8 Å². The van der Waals surface area contributed by atoms with Crippen molar-refractivity contribution in [3.63, 3.8) is 0 Å². The summed E-state index contributed by atoms with van der Waals surface area (Å²) in [6.45, 7) is 4.14. The zero-order chi connectivity index (χ0) is 11.5. The molecule has 1 saturated carbocycles. The molecule has 0 bridgehead atoms. The third-order valence-electron chi connectivity index (χ3n) is 3.26. The molecule has 0 heterocycles. The number of amides is 1. The van der Waals surface area contributed by atoms with Gasteiger partial charge in [0.2, 0.25) is 5.91 Å². The number of rotatable bonds is 4. The van der Waals surface area contributed by atoms with E-state index in [0.29, 0.717) is 0 Å². The van der Waals surface area contributed by atoms with Crippen LogP contribution in [0.4, 0.5) is 0 Å². The maximum Gasteiger partial charge on any atom is 0.242 e. The van der Waals surface area contributed by atoms with E-state index >= 15 is 0 Å². The van der Waals surface area contributed by atoms with Gasteiger partial charge in [0, 0.05) is 13.6 Å². The van der Waals surface area contributed by atoms with Gasteiger partial charge in [0.1, 0.15) is 5.41 Å². The van der Waals surface area contributed by atoms with Gasteiger partial charge in [-0.1, -0.05) is 19.3 Å². The Balaban J connectivity index is 2.35. The minimum atomic E-state index is -0.881. The molecule has 1 aliphatic carbocycles. The molecule has 3 nitrogen and oxygen atoms in total. The fraction of sp³-hybridized carbons (Fsp3) is 0.833. The molecule has 0 aromatic heterocycles. The molecule has 0 aromatic carbocycles. The topological polar surface area (TPSA) is 44.1 Å². The van der Waals surface area contributed by atoms with Crippen molar-refractivity contribution in [3.8, 4) is 6.07 Å². The van der Waals surface area contributed by atoms with Gasteiger partial charge in [0.25, 0.3) is 0 Å². The summed E-state index contributed by atoms with van der Waals surface area (Å²) >= 11 is 0. The first kappa shape index (κ1) is 12.0. The number of hydrogen-bond donors (Lipinski definition) is 0. The Labute approximate surface area is 92.1 Å². The lowest BCUT2D eigenvalue weighted by atomic mass is 9.83. The summed E-state index contributed by atoms with van der Waals surface area (Å²) in [5.41, 5.74) is -0.881. The molecule has 0 atom stereocenters. The molecule has 0 aromatic rings. The van der Waals surface area contributed by atoms with Crippen LogP contribution in [-0.4, -0.2) is 24.4 Å². The van der Waals surface area contributed by atoms with E-state index < -0.39 is 5.41 Å². The van der Waals surface area contributed by atoms with Gasteiger partial charge in [-0.25, -0.2) is 0 Å². The highest BCUT2D eigenvalue weighted by Gasteiger charge is 2.30. The highest BCUT2D eigenvalue weighted by atomic mass is 16.2. The van der Waals surface area contributed by atoms with Crippen LogP contribution in [0, 0.1) is 22.7 Å². The van der Waals surface area contributed by atoms with Gasteiger partial charge in [-0.2, -0.15) is 5.26 Å². The standard InChI is InChI=1S/C12H20N2O/c1-12(2,9-13)11(15)14(3)8-7-10-5-4-6-10/h10H,4-8H2,1-3H3. The summed E-state index contributed by atoms with van der Waals surface area (Å²) in [6.07, 6.45) is 5.04. The first-order valence-electron chi connectivity index (χ1n) is 5.64. The summed E-state index contributed by atoms with van der Waals surface area (Å²) in [6, 6.07) is 2.05. The molecule has 0 aliphatic heterocycles. The van der Waals surface area contributed by atoms with Crippen LogP contribution in [0.15, 0.2) is 0 Å². The molecular formula is C12H20N2O. The predicted molar refractivity (Wildman–Crippen MR) is 59.0 cm³/mol. The summed E-state index contributed by atoms with van der Waals surface area (Å²) in [5.74, 6) is 0.745. The van der Waals surface area contributed by atoms with Gasteiger partial charge in [-0.3, -0.25) is 4.79 Å². The van der Waals surface area contributed by atoms with Crippen LogP contribution in [0.1, 0.15) is 39.5 Å². The SMILES string of the molecule is CN(CCC1CCC1)C(=O)C(C)(C)C#N. The molecular weight excluding hydrogens is 188 g/mol. The summed E-state index contributed by atoms with van der Waals surface area (Å²) in [4.78, 5) is 13.5. The third kappa shape index (κ3) is 2.95. The van der Waals surface area contributed by atoms with Gasteiger partial charge in [-0.05, 0) is 26.2 Å². The van der Waals surface area contributed by atoms with E-state index in [9.17, 15) is 4.79 Å². The molecule has 1 aliphatic rings. The zero-order valence-electron chi connectivity index (χ0n) is 9.92. The quantitative estimate of drug-likeness (QED) is 0.710. The second kappa shape index (κ2) is 4.65. The Hall–Kier alpha value is -1.04. The van der Waals surface area contributed by atoms with Crippen LogP contribution in [0.3, 0.4) is 0 Å². The third-order valence-corrected chi connectivity index (χ3v) is 3.26. The number of nitrogens with zero attached hydrogens (tertiary/aromatic N) is 2. The number of carbonyl (C=O) groups is 1. The molecule has 0 N–H and O–H groups in total. The van der Waals surface area contributed by atoms with E-state index in [1.165, 1.54) is 19.3 Å². The van der Waals surface area contributed by atoms with Crippen molar-refractivity contribution in [2.45, 2.75) is 39.5 Å². The molecule has 84 valence electrons. The van der Waals surface area contributed by atoms with Crippen molar-refractivity contribution in [3.05, 3.63) is 0 Å². The fourth-order valence-electron chi connectivity index (χ4n) is 1.78. The molecule has 0 saturated heterocycles. The largest absolute Gasteiger partial charge is 0.344 e. The Morgan fingerprint density at radius 2 is 2.13 bits per heavy atom. The van der Waals surface area contributed by atoms with Crippen LogP contribution in [0.2, 0.25) is 0 Å². The van der Waals surface area contributed by atoms with Crippen molar-refractivity contribution in [1.29, 1.82) is 5.26 Å². The van der Waals surface area contributed by atoms with Crippen molar-refractivity contribution >= 4 is 5.91 Å². The lowest BCUT2D eigenvalue weighted by molar-refractivity contribution is -0.136. The molecule has 1 fully saturated rings. The monoisotopic (exact) mass is 208 g/mol. The van der Waals surface area contributed by atoms with Gasteiger partial charge in [0.15, 0.2) is 0 Å². The van der Waals surface area contributed by atoms with Crippen LogP contribution in [0.25, 0.3) is 0 Å². The van der Waals surface area contributed by atoms with Gasteiger partial charge < -0.3 is 4.90 Å². The smallest absolute Gasteiger partial charge is 0.242 e. The zero-order valence-corrected chi connectivity index (χ0v) is 9.92. The molecule has 0 unspecified atom stereocenters. The molecule has 1 amide bonds. The van der Waals surface area contributed by atoms with E-state index in [-0.39, 0.29) is 5.91 Å². The second-order valence-electron chi connectivity index (χ2n) is 5.05. The summed E-state index contributed by atoms with van der Waals surface area (Å²) < 4.78 is 0. The maximum absolute atomic E-state index is 11.8. The Morgan fingerprint density at radius 3 is 2.53 bits per heavy atom. The Kier molecular flexibility index (Phi) is 3.73. The summed E-state index contributed by atoms with van der Waals surface area (Å²) in [5, 5.41) is 8.85. The highest BCUT2D eigenvalue weighted by molar-refractivity contribution is 5.84. The minimum Gasteiger partial charge on any atom is -0.344 e. The first-order valence-corrected chi connectivity index (χ1v) is 5.64. The molecule has 15 heavy (non-hydrogen) atoms. The van der Waals surface area contributed by atoms with Crippen LogP contribution in [0.5, 0.6) is 0 Å². The van der Waals surface area contributed by atoms with Gasteiger partial charge >= 0.3 is 0 Å². The molecule has 1 rings (SSSR count). The fourth-order valence-corrected chi connectivity index (χ4v) is 1.78. The predicted octanol–water partition coefficient (Wildman–Crippen LogP) is 2.18. The van der Waals surface area contributed by atoms with E-state index in [2.05, 4.69) is 0 Å². The van der Waals surface area contributed by atoms with Crippen molar-refractivity contribution in [2.75, 3.05) is 13.6 Å². The molecule has 0 radical (unpaired) electrons. The molecule has 0 spiro atoms. The van der Waals surface area contributed by atoms with E-state index in [1.807, 2.05) is 6.07 Å². The molecule has 3 heteroatoms. The second-order valence-corrected chi connectivity index (χ2v) is 5.05. The van der Waals surface area contributed by atoms with Gasteiger partial charge in [0.05, 0.1) is 6.07 Å². The average Bonchev–Trinajstić information content (AvgIpc) is 2.14. The lowest BCUT2D eigenvalue weighted by Crippen LogP contribution is -2.38. The minimum absolute atomic E-state index is 0.0654. The van der Waals surface area contributed by atoms with E-state index in [4.69, 9.17) is 5.26 Å². The lowest BCUT2D eigenvalue weighted by Gasteiger charge is -2.29. The Morgan fingerprint density at radius 1 is 1.53 bits per heavy atom. The average molecular weight is 208 g/mol. The van der Waals surface area contributed by atoms with E-state index in [0.717, 1.165) is 18.9 Å². The summed E-state index contributed by atoms with van der Waals surface area (Å²) in [7, 11) is 1.79. The van der Waals surface area contributed by atoms with Crippen LogP contribution < -0.4 is 0 Å². The first-order chi connectivity index (χ1) is 6.97. The van der Waals surface area contributed by atoms with Gasteiger partial charge in [-0.15, -0.1) is 0 Å². The number of hydrogen-bond acceptors (Lipinski definition) is 2. The number of nitriles is 1.